The molecule has 1 saturated heterocycles. The number of benzene rings is 1. The van der Waals surface area contributed by atoms with Gasteiger partial charge >= 0.3 is 0 Å². The van der Waals surface area contributed by atoms with Crippen molar-refractivity contribution in [3.63, 3.8) is 0 Å². The third kappa shape index (κ3) is 2.59. The van der Waals surface area contributed by atoms with Crippen LogP contribution >= 0.6 is 15.9 Å². The number of aldehydes is 1. The first-order valence-electron chi connectivity index (χ1n) is 6.19. The second kappa shape index (κ2) is 5.41. The van der Waals surface area contributed by atoms with Crippen molar-refractivity contribution in [2.24, 2.45) is 5.92 Å². The summed E-state index contributed by atoms with van der Waals surface area (Å²) in [5.41, 5.74) is 1.89. The maximum atomic E-state index is 10.8. The summed E-state index contributed by atoms with van der Waals surface area (Å²) < 4.78 is 0.871. The molecular weight excluding hydrogens is 292 g/mol. The van der Waals surface area contributed by atoms with Crippen LogP contribution in [0.25, 0.3) is 0 Å². The van der Waals surface area contributed by atoms with Crippen LogP contribution in [0.3, 0.4) is 0 Å². The predicted molar refractivity (Wildman–Crippen MR) is 78.4 cm³/mol. The molecule has 2 rings (SSSR count). The molecular formula is C14H19BrN2O. The van der Waals surface area contributed by atoms with Gasteiger partial charge in [-0.3, -0.25) is 4.79 Å². The Morgan fingerprint density at radius 2 is 2.11 bits per heavy atom. The van der Waals surface area contributed by atoms with E-state index in [0.717, 1.165) is 23.8 Å². The number of anilines is 1. The summed E-state index contributed by atoms with van der Waals surface area (Å²) in [7, 11) is 4.27. The summed E-state index contributed by atoms with van der Waals surface area (Å²) in [5.74, 6) is 0.657. The van der Waals surface area contributed by atoms with Gasteiger partial charge in [0.05, 0.1) is 0 Å². The van der Waals surface area contributed by atoms with Crippen molar-refractivity contribution >= 4 is 27.9 Å². The Balaban J connectivity index is 2.18. The number of rotatable bonds is 3. The van der Waals surface area contributed by atoms with Gasteiger partial charge in [0, 0.05) is 34.9 Å². The summed E-state index contributed by atoms with van der Waals surface area (Å²) in [6.45, 7) is 4.40. The Kier molecular flexibility index (Phi) is 4.07. The summed E-state index contributed by atoms with van der Waals surface area (Å²) in [4.78, 5) is 15.5. The van der Waals surface area contributed by atoms with Crippen molar-refractivity contribution in [3.05, 3.63) is 28.2 Å². The SMILES string of the molecule is CC1CN(c2ccc(C=O)c(Br)c2)CC1N(C)C. The fourth-order valence-electron chi connectivity index (χ4n) is 2.64. The van der Waals surface area contributed by atoms with E-state index >= 15 is 0 Å². The molecule has 1 aliphatic heterocycles. The molecule has 0 radical (unpaired) electrons. The lowest BCUT2D eigenvalue weighted by Gasteiger charge is -2.23. The van der Waals surface area contributed by atoms with E-state index in [0.29, 0.717) is 17.5 Å². The van der Waals surface area contributed by atoms with E-state index in [1.54, 1.807) is 0 Å². The molecule has 1 fully saturated rings. The monoisotopic (exact) mass is 310 g/mol. The van der Waals surface area contributed by atoms with Crippen molar-refractivity contribution < 1.29 is 4.79 Å². The summed E-state index contributed by atoms with van der Waals surface area (Å²) in [6.07, 6.45) is 0.878. The molecule has 0 spiro atoms. The Labute approximate surface area is 117 Å². The first kappa shape index (κ1) is 13.6. The highest BCUT2D eigenvalue weighted by atomic mass is 79.9. The highest BCUT2D eigenvalue weighted by molar-refractivity contribution is 9.10. The molecule has 4 heteroatoms. The van der Waals surface area contributed by atoms with Crippen LogP contribution in [-0.2, 0) is 0 Å². The lowest BCUT2D eigenvalue weighted by Crippen LogP contribution is -2.34. The Hall–Kier alpha value is -0.870. The van der Waals surface area contributed by atoms with Crippen molar-refractivity contribution in [3.8, 4) is 0 Å². The van der Waals surface area contributed by atoms with Gasteiger partial charge in [-0.15, -0.1) is 0 Å². The van der Waals surface area contributed by atoms with Gasteiger partial charge in [-0.1, -0.05) is 6.92 Å². The maximum absolute atomic E-state index is 10.8. The first-order valence-corrected chi connectivity index (χ1v) is 6.98. The van der Waals surface area contributed by atoms with Crippen molar-refractivity contribution in [1.29, 1.82) is 0 Å². The molecule has 1 aromatic rings. The third-order valence-corrected chi connectivity index (χ3v) is 4.40. The minimum absolute atomic E-state index is 0.592. The van der Waals surface area contributed by atoms with Gasteiger partial charge < -0.3 is 9.80 Å². The topological polar surface area (TPSA) is 23.6 Å². The molecule has 0 amide bonds. The number of likely N-dealkylation sites (N-methyl/N-ethyl adjacent to an activating group) is 1. The summed E-state index contributed by atoms with van der Waals surface area (Å²) in [5, 5.41) is 0. The van der Waals surface area contributed by atoms with Crippen molar-refractivity contribution in [2.45, 2.75) is 13.0 Å². The van der Waals surface area contributed by atoms with E-state index in [1.807, 2.05) is 18.2 Å². The van der Waals surface area contributed by atoms with E-state index in [2.05, 4.69) is 46.7 Å². The number of nitrogens with zero attached hydrogens (tertiary/aromatic N) is 2. The molecule has 0 aliphatic carbocycles. The fourth-order valence-corrected chi connectivity index (χ4v) is 3.10. The second-order valence-electron chi connectivity index (χ2n) is 5.24. The fraction of sp³-hybridized carbons (Fsp3) is 0.500. The molecule has 1 heterocycles. The van der Waals surface area contributed by atoms with E-state index in [9.17, 15) is 4.79 Å². The zero-order valence-corrected chi connectivity index (χ0v) is 12.6. The summed E-state index contributed by atoms with van der Waals surface area (Å²) >= 11 is 3.45. The minimum Gasteiger partial charge on any atom is -0.370 e. The van der Waals surface area contributed by atoms with Crippen LogP contribution in [0.2, 0.25) is 0 Å². The number of halogens is 1. The molecule has 0 aromatic heterocycles. The van der Waals surface area contributed by atoms with Crippen LogP contribution in [0.5, 0.6) is 0 Å². The molecule has 1 aromatic carbocycles. The zero-order valence-electron chi connectivity index (χ0n) is 11.1. The molecule has 1 aliphatic rings. The van der Waals surface area contributed by atoms with Gasteiger partial charge in [-0.2, -0.15) is 0 Å². The lowest BCUT2D eigenvalue weighted by atomic mass is 10.1. The van der Waals surface area contributed by atoms with E-state index in [4.69, 9.17) is 0 Å². The molecule has 2 unspecified atom stereocenters. The Morgan fingerprint density at radius 1 is 1.39 bits per heavy atom. The van der Waals surface area contributed by atoms with E-state index < -0.39 is 0 Å². The van der Waals surface area contributed by atoms with Crippen LogP contribution in [0, 0.1) is 5.92 Å². The Morgan fingerprint density at radius 3 is 2.61 bits per heavy atom. The van der Waals surface area contributed by atoms with Gasteiger partial charge in [-0.25, -0.2) is 0 Å². The third-order valence-electron chi connectivity index (χ3n) is 3.71. The van der Waals surface area contributed by atoms with Crippen molar-refractivity contribution in [2.75, 3.05) is 32.1 Å². The normalized spacial score (nSPS) is 23.7. The average Bonchev–Trinajstić information content (AvgIpc) is 2.71. The predicted octanol–water partition coefficient (Wildman–Crippen LogP) is 2.65. The molecule has 0 N–H and O–H groups in total. The second-order valence-corrected chi connectivity index (χ2v) is 6.09. The Bertz CT molecular complexity index is 447. The highest BCUT2D eigenvalue weighted by Crippen LogP contribution is 2.29. The smallest absolute Gasteiger partial charge is 0.151 e. The summed E-state index contributed by atoms with van der Waals surface area (Å²) in [6, 6.07) is 6.53. The highest BCUT2D eigenvalue weighted by Gasteiger charge is 2.31. The van der Waals surface area contributed by atoms with E-state index in [-0.39, 0.29) is 0 Å². The van der Waals surface area contributed by atoms with Crippen LogP contribution in [-0.4, -0.2) is 44.4 Å². The van der Waals surface area contributed by atoms with E-state index in [1.165, 1.54) is 5.69 Å². The standard InChI is InChI=1S/C14H19BrN2O/c1-10-7-17(8-14(10)16(2)3)12-5-4-11(9-18)13(15)6-12/h4-6,9-10,14H,7-8H2,1-3H3. The largest absolute Gasteiger partial charge is 0.370 e. The number of hydrogen-bond acceptors (Lipinski definition) is 3. The lowest BCUT2D eigenvalue weighted by molar-refractivity contribution is 0.112. The molecule has 0 saturated carbocycles. The van der Waals surface area contributed by atoms with Crippen molar-refractivity contribution in [1.82, 2.24) is 4.90 Å². The first-order chi connectivity index (χ1) is 8.52. The van der Waals surface area contributed by atoms with Gasteiger partial charge in [-0.05, 0) is 54.1 Å². The van der Waals surface area contributed by atoms with Crippen LogP contribution in [0.15, 0.2) is 22.7 Å². The molecule has 18 heavy (non-hydrogen) atoms. The van der Waals surface area contributed by atoms with Crippen LogP contribution < -0.4 is 4.90 Å². The molecule has 2 atom stereocenters. The molecule has 98 valence electrons. The van der Waals surface area contributed by atoms with Gasteiger partial charge in [0.1, 0.15) is 0 Å². The quantitative estimate of drug-likeness (QED) is 0.802. The zero-order chi connectivity index (χ0) is 13.3. The number of carbonyl (C=O) groups excluding carboxylic acids is 1. The average molecular weight is 311 g/mol. The molecule has 3 nitrogen and oxygen atoms in total. The van der Waals surface area contributed by atoms with Gasteiger partial charge in [0.15, 0.2) is 6.29 Å². The van der Waals surface area contributed by atoms with Crippen LogP contribution in [0.4, 0.5) is 5.69 Å². The van der Waals surface area contributed by atoms with Gasteiger partial charge in [0.2, 0.25) is 0 Å². The maximum Gasteiger partial charge on any atom is 0.151 e. The van der Waals surface area contributed by atoms with Gasteiger partial charge in [0.25, 0.3) is 0 Å². The number of carbonyl (C=O) groups is 1. The number of hydrogen-bond donors (Lipinski definition) is 0. The minimum atomic E-state index is 0.592. The molecule has 0 bridgehead atoms. The van der Waals surface area contributed by atoms with Crippen LogP contribution in [0.1, 0.15) is 17.3 Å².